The van der Waals surface area contributed by atoms with E-state index >= 15 is 0 Å². The van der Waals surface area contributed by atoms with Gasteiger partial charge in [0.15, 0.2) is 0 Å². The van der Waals surface area contributed by atoms with E-state index in [0.29, 0.717) is 0 Å². The summed E-state index contributed by atoms with van der Waals surface area (Å²) in [4.78, 5) is 0. The summed E-state index contributed by atoms with van der Waals surface area (Å²) < 4.78 is 0. The standard InChI is InChI=1S/C18H29N.C17H24.C3H8.2C2H6/c1-8-14-12-16(17(3,4)5)13(2)11-15(14)9-10-18(6,7)19;1-6-8-14-9-10-15(7-2)16(13-14)11-12-17(3,4)5;1-3-2;2*1-2/h9-12H,8,19H2,1-7H3;11-13H,6-8H2,1-5H3;3H2,1-2H3;2*1-2H3/b10-9+;12-11+;;;. The molecule has 0 heterocycles. The highest BCUT2D eigenvalue weighted by Crippen LogP contribution is 2.29. The van der Waals surface area contributed by atoms with E-state index in [1.807, 2.05) is 41.5 Å². The molecule has 0 bridgehead atoms. The third-order valence-corrected chi connectivity index (χ3v) is 6.06. The van der Waals surface area contributed by atoms with E-state index in [1.54, 1.807) is 0 Å². The van der Waals surface area contributed by atoms with Crippen LogP contribution in [0.4, 0.5) is 0 Å². The van der Waals surface area contributed by atoms with Crippen LogP contribution in [0.5, 0.6) is 0 Å². The van der Waals surface area contributed by atoms with Gasteiger partial charge in [-0.15, -0.1) is 0 Å². The van der Waals surface area contributed by atoms with Crippen molar-refractivity contribution in [3.05, 3.63) is 86.9 Å². The topological polar surface area (TPSA) is 26.0 Å². The monoisotopic (exact) mass is 592 g/mol. The third kappa shape index (κ3) is 21.1. The van der Waals surface area contributed by atoms with Gasteiger partial charge in [-0.05, 0) is 84.8 Å². The van der Waals surface area contributed by atoms with Crippen LogP contribution in [0, 0.1) is 12.3 Å². The molecule has 1 aliphatic carbocycles. The van der Waals surface area contributed by atoms with Gasteiger partial charge >= 0.3 is 0 Å². The van der Waals surface area contributed by atoms with Gasteiger partial charge in [0.25, 0.3) is 0 Å². The van der Waals surface area contributed by atoms with Crippen LogP contribution in [0.1, 0.15) is 166 Å². The number of nitrogens with two attached hydrogens (primary N) is 1. The van der Waals surface area contributed by atoms with Crippen LogP contribution in [0.2, 0.25) is 0 Å². The SMILES string of the molecule is CC.CC.CCC.CCCC1=C=C=C(CC)C(/C=C/C(C)(C)C)=C1.CCc1cc(C(C)(C)C)c(C)cc1/C=C/C(C)(C)N. The van der Waals surface area contributed by atoms with Crippen LogP contribution in [0.3, 0.4) is 0 Å². The van der Waals surface area contributed by atoms with Gasteiger partial charge in [0, 0.05) is 16.7 Å². The zero-order valence-electron chi connectivity index (χ0n) is 32.2. The zero-order valence-corrected chi connectivity index (χ0v) is 32.2. The van der Waals surface area contributed by atoms with E-state index in [1.165, 1.54) is 45.4 Å². The molecule has 0 saturated heterocycles. The van der Waals surface area contributed by atoms with Gasteiger partial charge in [0.1, 0.15) is 0 Å². The molecule has 0 unspecified atom stereocenters. The Hall–Kier alpha value is -2.30. The Balaban J connectivity index is -0.000000618. The molecule has 2 rings (SSSR count). The number of allylic oxidation sites excluding steroid dienone is 6. The maximum Gasteiger partial charge on any atom is 0.0284 e. The molecular formula is C42H73N. The van der Waals surface area contributed by atoms with Crippen molar-refractivity contribution in [3.8, 4) is 0 Å². The summed E-state index contributed by atoms with van der Waals surface area (Å²) in [6, 6.07) is 4.65. The second-order valence-electron chi connectivity index (χ2n) is 13.5. The average Bonchev–Trinajstić information content (AvgIpc) is 2.92. The van der Waals surface area contributed by atoms with E-state index in [9.17, 15) is 0 Å². The summed E-state index contributed by atoms with van der Waals surface area (Å²) in [6.45, 7) is 38.6. The van der Waals surface area contributed by atoms with Crippen molar-refractivity contribution in [1.29, 1.82) is 0 Å². The first-order chi connectivity index (χ1) is 19.9. The molecule has 0 fully saturated rings. The van der Waals surface area contributed by atoms with Crippen LogP contribution in [-0.4, -0.2) is 5.54 Å². The molecule has 246 valence electrons. The Bertz CT molecular complexity index is 1090. The molecule has 0 atom stereocenters. The summed E-state index contributed by atoms with van der Waals surface area (Å²) >= 11 is 0. The lowest BCUT2D eigenvalue weighted by Crippen LogP contribution is -2.28. The fraction of sp³-hybridized carbons (Fsp3) is 0.619. The molecule has 1 heteroatoms. The molecule has 0 saturated carbocycles. The first-order valence-corrected chi connectivity index (χ1v) is 17.2. The Kier molecular flexibility index (Phi) is 24.3. The van der Waals surface area contributed by atoms with Crippen molar-refractivity contribution in [1.82, 2.24) is 0 Å². The van der Waals surface area contributed by atoms with Gasteiger partial charge < -0.3 is 5.73 Å². The number of hydrogen-bond donors (Lipinski definition) is 1. The van der Waals surface area contributed by atoms with Gasteiger partial charge in [-0.1, -0.05) is 165 Å². The van der Waals surface area contributed by atoms with Crippen molar-refractivity contribution in [2.45, 2.75) is 168 Å². The largest absolute Gasteiger partial charge is 0.322 e. The maximum absolute atomic E-state index is 6.03. The van der Waals surface area contributed by atoms with Gasteiger partial charge in [0.2, 0.25) is 0 Å². The summed E-state index contributed by atoms with van der Waals surface area (Å²) in [5, 5.41) is 0. The Morgan fingerprint density at radius 1 is 0.744 bits per heavy atom. The van der Waals surface area contributed by atoms with Crippen molar-refractivity contribution < 1.29 is 0 Å². The van der Waals surface area contributed by atoms with Crippen LogP contribution in [-0.2, 0) is 11.8 Å². The van der Waals surface area contributed by atoms with Crippen LogP contribution < -0.4 is 5.73 Å². The second-order valence-corrected chi connectivity index (χ2v) is 13.5. The quantitative estimate of drug-likeness (QED) is 0.314. The minimum Gasteiger partial charge on any atom is -0.322 e. The Morgan fingerprint density at radius 3 is 1.67 bits per heavy atom. The summed E-state index contributed by atoms with van der Waals surface area (Å²) in [7, 11) is 0. The molecule has 2 N–H and O–H groups in total. The minimum atomic E-state index is -0.262. The van der Waals surface area contributed by atoms with Crippen molar-refractivity contribution in [3.63, 3.8) is 0 Å². The summed E-state index contributed by atoms with van der Waals surface area (Å²) in [5.41, 5.74) is 22.1. The second kappa shape index (κ2) is 23.1. The van der Waals surface area contributed by atoms with Gasteiger partial charge in [-0.3, -0.25) is 0 Å². The zero-order chi connectivity index (χ0) is 34.4. The molecule has 43 heavy (non-hydrogen) atoms. The molecule has 0 aliphatic heterocycles. The fourth-order valence-corrected chi connectivity index (χ4v) is 4.07. The Morgan fingerprint density at radius 2 is 1.28 bits per heavy atom. The predicted octanol–water partition coefficient (Wildman–Crippen LogP) is 13.4. The third-order valence-electron chi connectivity index (χ3n) is 6.06. The van der Waals surface area contributed by atoms with Crippen molar-refractivity contribution >= 4 is 6.08 Å². The number of benzene rings is 1. The molecule has 1 aliphatic rings. The van der Waals surface area contributed by atoms with Gasteiger partial charge in [-0.25, -0.2) is 0 Å². The first-order valence-electron chi connectivity index (χ1n) is 17.2. The number of aryl methyl sites for hydroxylation is 2. The molecule has 1 aromatic carbocycles. The fourth-order valence-electron chi connectivity index (χ4n) is 4.07. The highest BCUT2D eigenvalue weighted by atomic mass is 14.7. The van der Waals surface area contributed by atoms with E-state index in [0.717, 1.165) is 25.7 Å². The molecule has 0 spiro atoms. The predicted molar refractivity (Wildman–Crippen MR) is 201 cm³/mol. The van der Waals surface area contributed by atoms with Gasteiger partial charge in [-0.2, -0.15) is 0 Å². The average molecular weight is 592 g/mol. The highest BCUT2D eigenvalue weighted by molar-refractivity contribution is 5.58. The van der Waals surface area contributed by atoms with E-state index in [-0.39, 0.29) is 16.4 Å². The van der Waals surface area contributed by atoms with Crippen LogP contribution in [0.25, 0.3) is 6.08 Å². The first kappa shape index (κ1) is 45.1. The number of rotatable bonds is 7. The molecule has 1 nitrogen and oxygen atoms in total. The lowest BCUT2D eigenvalue weighted by atomic mass is 9.81. The lowest BCUT2D eigenvalue weighted by molar-refractivity contribution is 0.544. The summed E-state index contributed by atoms with van der Waals surface area (Å²) in [6.07, 6.45) is 16.6. The Labute approximate surface area is 271 Å². The molecule has 0 amide bonds. The normalized spacial score (nSPS) is 12.9. The van der Waals surface area contributed by atoms with Crippen LogP contribution >= 0.6 is 0 Å². The molecular weight excluding hydrogens is 518 g/mol. The highest BCUT2D eigenvalue weighted by Gasteiger charge is 2.18. The van der Waals surface area contributed by atoms with Gasteiger partial charge in [0.05, 0.1) is 0 Å². The minimum absolute atomic E-state index is 0.198. The van der Waals surface area contributed by atoms with Crippen LogP contribution in [0.15, 0.2) is 64.6 Å². The summed E-state index contributed by atoms with van der Waals surface area (Å²) in [5.74, 6) is 0. The molecule has 0 aromatic heterocycles. The lowest BCUT2D eigenvalue weighted by Gasteiger charge is -2.24. The van der Waals surface area contributed by atoms with E-state index < -0.39 is 0 Å². The van der Waals surface area contributed by atoms with E-state index in [2.05, 4.69) is 137 Å². The van der Waals surface area contributed by atoms with Crippen molar-refractivity contribution in [2.24, 2.45) is 11.1 Å². The smallest absolute Gasteiger partial charge is 0.0284 e. The molecule has 0 radical (unpaired) electrons. The van der Waals surface area contributed by atoms with E-state index in [4.69, 9.17) is 5.73 Å². The number of hydrogen-bond acceptors (Lipinski definition) is 1. The van der Waals surface area contributed by atoms with Crippen molar-refractivity contribution in [2.75, 3.05) is 0 Å². The molecule has 1 aromatic rings. The maximum atomic E-state index is 6.03.